The van der Waals surface area contributed by atoms with Crippen molar-refractivity contribution in [3.8, 4) is 17.2 Å². The van der Waals surface area contributed by atoms with Gasteiger partial charge in [0.15, 0.2) is 0 Å². The average molecular weight is 392 g/mol. The molecule has 0 radical (unpaired) electrons. The highest BCUT2D eigenvalue weighted by molar-refractivity contribution is 5.95. The number of hydrogen-bond acceptors (Lipinski definition) is 5. The van der Waals surface area contributed by atoms with E-state index in [1.807, 2.05) is 43.3 Å². The molecule has 0 aliphatic heterocycles. The maximum Gasteiger partial charge on any atom is 0.252 e. The van der Waals surface area contributed by atoms with E-state index in [0.29, 0.717) is 23.7 Å². The van der Waals surface area contributed by atoms with Crippen molar-refractivity contribution >= 4 is 5.91 Å². The second-order valence-electron chi connectivity index (χ2n) is 6.52. The summed E-state index contributed by atoms with van der Waals surface area (Å²) in [4.78, 5) is 16.7. The van der Waals surface area contributed by atoms with Crippen LogP contribution in [0, 0.1) is 0 Å². The van der Waals surface area contributed by atoms with Gasteiger partial charge in [0, 0.05) is 29.6 Å². The van der Waals surface area contributed by atoms with Gasteiger partial charge in [0.2, 0.25) is 0 Å². The minimum absolute atomic E-state index is 0.174. The Labute approximate surface area is 170 Å². The molecule has 1 atom stereocenters. The quantitative estimate of drug-likeness (QED) is 0.623. The third-order valence-electron chi connectivity index (χ3n) is 4.47. The van der Waals surface area contributed by atoms with Crippen molar-refractivity contribution < 1.29 is 19.0 Å². The highest BCUT2D eigenvalue weighted by Gasteiger charge is 2.14. The van der Waals surface area contributed by atoms with Crippen LogP contribution in [0.1, 0.15) is 34.5 Å². The Hall–Kier alpha value is -3.54. The summed E-state index contributed by atoms with van der Waals surface area (Å²) < 4.78 is 16.2. The normalized spacial score (nSPS) is 11.4. The van der Waals surface area contributed by atoms with Gasteiger partial charge in [-0.3, -0.25) is 9.78 Å². The van der Waals surface area contributed by atoms with E-state index in [1.165, 1.54) is 0 Å². The summed E-state index contributed by atoms with van der Waals surface area (Å²) in [5.74, 6) is 1.69. The van der Waals surface area contributed by atoms with E-state index in [2.05, 4.69) is 10.3 Å². The molecule has 0 aliphatic carbocycles. The molecule has 1 N–H and O–H groups in total. The molecule has 6 heteroatoms. The molecule has 0 aliphatic rings. The molecule has 0 bridgehead atoms. The Bertz CT molecular complexity index is 921. The topological polar surface area (TPSA) is 69.7 Å². The Balaban J connectivity index is 1.61. The second kappa shape index (κ2) is 9.59. The standard InChI is InChI=1S/C23H24N2O4/c1-16(25-23(26)19-11-21(27-2)13-22(12-19)28-3)18-6-8-20(9-7-18)29-15-17-5-4-10-24-14-17/h4-14,16H,15H2,1-3H3,(H,25,26). The lowest BCUT2D eigenvalue weighted by molar-refractivity contribution is 0.0939. The predicted octanol–water partition coefficient (Wildman–Crippen LogP) is 4.17. The average Bonchev–Trinajstić information content (AvgIpc) is 2.78. The van der Waals surface area contributed by atoms with Gasteiger partial charge in [-0.1, -0.05) is 18.2 Å². The first-order valence-corrected chi connectivity index (χ1v) is 9.24. The first-order chi connectivity index (χ1) is 14.1. The first kappa shape index (κ1) is 20.2. The van der Waals surface area contributed by atoms with E-state index < -0.39 is 0 Å². The number of ether oxygens (including phenoxy) is 3. The van der Waals surface area contributed by atoms with Crippen LogP contribution < -0.4 is 19.5 Å². The Morgan fingerprint density at radius 1 is 1.00 bits per heavy atom. The highest BCUT2D eigenvalue weighted by atomic mass is 16.5. The summed E-state index contributed by atoms with van der Waals surface area (Å²) in [6.07, 6.45) is 3.51. The van der Waals surface area contributed by atoms with Crippen molar-refractivity contribution in [2.24, 2.45) is 0 Å². The zero-order chi connectivity index (χ0) is 20.6. The molecule has 0 fully saturated rings. The smallest absolute Gasteiger partial charge is 0.252 e. The number of benzene rings is 2. The molecule has 150 valence electrons. The fraction of sp³-hybridized carbons (Fsp3) is 0.217. The summed E-state index contributed by atoms with van der Waals surface area (Å²) >= 11 is 0. The van der Waals surface area contributed by atoms with Gasteiger partial charge in [0.25, 0.3) is 5.91 Å². The van der Waals surface area contributed by atoms with Gasteiger partial charge in [-0.15, -0.1) is 0 Å². The van der Waals surface area contributed by atoms with Gasteiger partial charge >= 0.3 is 0 Å². The van der Waals surface area contributed by atoms with Crippen molar-refractivity contribution in [3.05, 3.63) is 83.7 Å². The molecule has 29 heavy (non-hydrogen) atoms. The third kappa shape index (κ3) is 5.48. The molecule has 6 nitrogen and oxygen atoms in total. The van der Waals surface area contributed by atoms with Crippen LogP contribution in [0.3, 0.4) is 0 Å². The van der Waals surface area contributed by atoms with Gasteiger partial charge < -0.3 is 19.5 Å². The van der Waals surface area contributed by atoms with E-state index in [1.54, 1.807) is 44.8 Å². The number of hydrogen-bond donors (Lipinski definition) is 1. The number of carbonyl (C=O) groups excluding carboxylic acids is 1. The molecule has 0 saturated heterocycles. The van der Waals surface area contributed by atoms with Crippen molar-refractivity contribution in [1.82, 2.24) is 10.3 Å². The number of rotatable bonds is 8. The first-order valence-electron chi connectivity index (χ1n) is 9.24. The zero-order valence-electron chi connectivity index (χ0n) is 16.7. The number of amides is 1. The fourth-order valence-corrected chi connectivity index (χ4v) is 2.80. The van der Waals surface area contributed by atoms with Gasteiger partial charge in [-0.05, 0) is 42.8 Å². The minimum Gasteiger partial charge on any atom is -0.497 e. The number of aromatic nitrogens is 1. The molecule has 1 unspecified atom stereocenters. The summed E-state index contributed by atoms with van der Waals surface area (Å²) in [6.45, 7) is 2.39. The molecule has 0 saturated carbocycles. The predicted molar refractivity (Wildman–Crippen MR) is 110 cm³/mol. The maximum absolute atomic E-state index is 12.6. The van der Waals surface area contributed by atoms with E-state index in [4.69, 9.17) is 14.2 Å². The van der Waals surface area contributed by atoms with Gasteiger partial charge in [0.05, 0.1) is 20.3 Å². The van der Waals surface area contributed by atoms with Crippen molar-refractivity contribution in [1.29, 1.82) is 0 Å². The van der Waals surface area contributed by atoms with Crippen molar-refractivity contribution in [2.45, 2.75) is 19.6 Å². The largest absolute Gasteiger partial charge is 0.497 e. The van der Waals surface area contributed by atoms with Gasteiger partial charge in [-0.25, -0.2) is 0 Å². The minimum atomic E-state index is -0.202. The summed E-state index contributed by atoms with van der Waals surface area (Å²) in [6, 6.07) is 16.4. The Morgan fingerprint density at radius 2 is 1.69 bits per heavy atom. The van der Waals surface area contributed by atoms with E-state index in [-0.39, 0.29) is 11.9 Å². The van der Waals surface area contributed by atoms with Gasteiger partial charge in [-0.2, -0.15) is 0 Å². The Kier molecular flexibility index (Phi) is 6.68. The third-order valence-corrected chi connectivity index (χ3v) is 4.47. The molecule has 2 aromatic carbocycles. The number of carbonyl (C=O) groups is 1. The van der Waals surface area contributed by atoms with Crippen LogP contribution in [0.4, 0.5) is 0 Å². The lowest BCUT2D eigenvalue weighted by Crippen LogP contribution is -2.26. The molecule has 3 rings (SSSR count). The monoisotopic (exact) mass is 392 g/mol. The maximum atomic E-state index is 12.6. The zero-order valence-corrected chi connectivity index (χ0v) is 16.7. The molecular formula is C23H24N2O4. The molecule has 1 amide bonds. The highest BCUT2D eigenvalue weighted by Crippen LogP contribution is 2.24. The molecule has 1 aromatic heterocycles. The fourth-order valence-electron chi connectivity index (χ4n) is 2.80. The molecule has 3 aromatic rings. The molecule has 1 heterocycles. The SMILES string of the molecule is COc1cc(OC)cc(C(=O)NC(C)c2ccc(OCc3cccnc3)cc2)c1. The molecular weight excluding hydrogens is 368 g/mol. The van der Waals surface area contributed by atoms with E-state index in [9.17, 15) is 4.79 Å². The summed E-state index contributed by atoms with van der Waals surface area (Å²) in [7, 11) is 3.11. The van der Waals surface area contributed by atoms with Crippen LogP contribution in [0.2, 0.25) is 0 Å². The van der Waals surface area contributed by atoms with E-state index >= 15 is 0 Å². The number of nitrogens with one attached hydrogen (secondary N) is 1. The number of nitrogens with zero attached hydrogens (tertiary/aromatic N) is 1. The van der Waals surface area contributed by atoms with Crippen LogP contribution >= 0.6 is 0 Å². The van der Waals surface area contributed by atoms with Crippen LogP contribution in [-0.4, -0.2) is 25.1 Å². The summed E-state index contributed by atoms with van der Waals surface area (Å²) in [5, 5.41) is 2.99. The number of pyridine rings is 1. The van der Waals surface area contributed by atoms with Crippen LogP contribution in [-0.2, 0) is 6.61 Å². The van der Waals surface area contributed by atoms with Crippen LogP contribution in [0.15, 0.2) is 67.0 Å². The lowest BCUT2D eigenvalue weighted by atomic mass is 10.1. The van der Waals surface area contributed by atoms with Crippen LogP contribution in [0.5, 0.6) is 17.2 Å². The summed E-state index contributed by atoms with van der Waals surface area (Å²) in [5.41, 5.74) is 2.46. The van der Waals surface area contributed by atoms with Gasteiger partial charge in [0.1, 0.15) is 23.9 Å². The second-order valence-corrected chi connectivity index (χ2v) is 6.52. The number of methoxy groups -OCH3 is 2. The van der Waals surface area contributed by atoms with Crippen LogP contribution in [0.25, 0.3) is 0 Å². The Morgan fingerprint density at radius 3 is 2.28 bits per heavy atom. The molecule has 0 spiro atoms. The van der Waals surface area contributed by atoms with Crippen molar-refractivity contribution in [2.75, 3.05) is 14.2 Å². The van der Waals surface area contributed by atoms with E-state index in [0.717, 1.165) is 16.9 Å². The van der Waals surface area contributed by atoms with Crippen molar-refractivity contribution in [3.63, 3.8) is 0 Å². The lowest BCUT2D eigenvalue weighted by Gasteiger charge is -2.16.